The number of fused-ring (bicyclic) bond motifs is 1. The number of anilines is 2. The van der Waals surface area contributed by atoms with Crippen LogP contribution < -0.4 is 16.0 Å². The van der Waals surface area contributed by atoms with Gasteiger partial charge in [0.1, 0.15) is 23.4 Å². The van der Waals surface area contributed by atoms with Gasteiger partial charge in [-0.25, -0.2) is 9.97 Å². The zero-order valence-electron chi connectivity index (χ0n) is 17.3. The van der Waals surface area contributed by atoms with Gasteiger partial charge in [0, 0.05) is 41.4 Å². The molecule has 2 atom stereocenters. The number of nitriles is 1. The Balaban J connectivity index is 1.54. The molecule has 0 aromatic carbocycles. The summed E-state index contributed by atoms with van der Waals surface area (Å²) in [4.78, 5) is 33.0. The maximum absolute atomic E-state index is 12.8. The van der Waals surface area contributed by atoms with Crippen molar-refractivity contribution in [2.75, 3.05) is 10.6 Å². The number of nitrogens with one attached hydrogen (secondary N) is 3. The van der Waals surface area contributed by atoms with E-state index < -0.39 is 0 Å². The number of nitrogens with zero attached hydrogens (tertiary/aromatic N) is 3. The third kappa shape index (κ3) is 4.51. The van der Waals surface area contributed by atoms with Crippen molar-refractivity contribution in [3.05, 3.63) is 24.0 Å². The first-order chi connectivity index (χ1) is 14.3. The van der Waals surface area contributed by atoms with E-state index >= 15 is 0 Å². The van der Waals surface area contributed by atoms with Crippen molar-refractivity contribution >= 4 is 34.2 Å². The van der Waals surface area contributed by atoms with Crippen LogP contribution in [0.4, 0.5) is 11.6 Å². The van der Waals surface area contributed by atoms with Crippen molar-refractivity contribution in [1.29, 1.82) is 5.26 Å². The van der Waals surface area contributed by atoms with Crippen LogP contribution in [-0.2, 0) is 9.59 Å². The Labute approximate surface area is 175 Å². The molecule has 2 aliphatic rings. The monoisotopic (exact) mass is 406 g/mol. The van der Waals surface area contributed by atoms with E-state index in [4.69, 9.17) is 0 Å². The van der Waals surface area contributed by atoms with Crippen LogP contribution in [0, 0.1) is 17.2 Å². The molecule has 0 unspecified atom stereocenters. The summed E-state index contributed by atoms with van der Waals surface area (Å²) in [5.41, 5.74) is 0.334. The number of aromatic nitrogens is 2. The molecular formula is C22H26N6O2. The van der Waals surface area contributed by atoms with Gasteiger partial charge in [-0.1, -0.05) is 6.42 Å². The lowest BCUT2D eigenvalue weighted by Crippen LogP contribution is -2.40. The average Bonchev–Trinajstić information content (AvgIpc) is 3.44. The van der Waals surface area contributed by atoms with Crippen molar-refractivity contribution in [2.24, 2.45) is 5.92 Å². The summed E-state index contributed by atoms with van der Waals surface area (Å²) in [6, 6.07) is 5.65. The van der Waals surface area contributed by atoms with E-state index in [2.05, 4.69) is 38.9 Å². The Kier molecular flexibility index (Phi) is 5.29. The van der Waals surface area contributed by atoms with Gasteiger partial charge < -0.3 is 16.0 Å². The molecule has 0 spiro atoms. The Morgan fingerprint density at radius 1 is 1.27 bits per heavy atom. The minimum atomic E-state index is -0.157. The number of amides is 2. The van der Waals surface area contributed by atoms with Crippen molar-refractivity contribution < 1.29 is 9.59 Å². The highest BCUT2D eigenvalue weighted by molar-refractivity contribution is 5.97. The Morgan fingerprint density at radius 2 is 2.07 bits per heavy atom. The van der Waals surface area contributed by atoms with Crippen LogP contribution in [-0.4, -0.2) is 33.4 Å². The number of pyridine rings is 2. The second-order valence-corrected chi connectivity index (χ2v) is 8.69. The van der Waals surface area contributed by atoms with E-state index in [0.29, 0.717) is 23.8 Å². The molecule has 2 aromatic rings. The zero-order chi connectivity index (χ0) is 21.3. The van der Waals surface area contributed by atoms with Crippen LogP contribution in [0.1, 0.15) is 58.1 Å². The quantitative estimate of drug-likeness (QED) is 0.702. The van der Waals surface area contributed by atoms with Crippen molar-refractivity contribution in [3.63, 3.8) is 0 Å². The van der Waals surface area contributed by atoms with Crippen molar-refractivity contribution in [3.8, 4) is 6.07 Å². The second-order valence-electron chi connectivity index (χ2n) is 8.69. The van der Waals surface area contributed by atoms with Gasteiger partial charge in [0.15, 0.2) is 0 Å². The normalized spacial score (nSPS) is 22.0. The molecule has 8 nitrogen and oxygen atoms in total. The van der Waals surface area contributed by atoms with E-state index in [1.807, 2.05) is 6.07 Å². The topological polar surface area (TPSA) is 120 Å². The van der Waals surface area contributed by atoms with Gasteiger partial charge in [0.25, 0.3) is 0 Å². The van der Waals surface area contributed by atoms with Gasteiger partial charge in [-0.15, -0.1) is 0 Å². The standard InChI is InChI=1S/C22H26N6O2/c1-13(29)25-16-5-3-4-14(8-16)21(30)27-19-10-18-15(12-24-19)9-17(11-23)26-20(18)28-22(2)6-7-22/h9-10,12,14,16H,3-8H2,1-2H3,(H,25,29)(H,26,28)(H,24,27,30)/t14-,16+/m0/s1. The van der Waals surface area contributed by atoms with Gasteiger partial charge >= 0.3 is 0 Å². The van der Waals surface area contributed by atoms with Crippen LogP contribution in [0.25, 0.3) is 10.8 Å². The third-order valence-corrected chi connectivity index (χ3v) is 5.95. The fraction of sp³-hybridized carbons (Fsp3) is 0.500. The van der Waals surface area contributed by atoms with Crippen LogP contribution in [0.15, 0.2) is 18.3 Å². The highest BCUT2D eigenvalue weighted by Crippen LogP contribution is 2.39. The molecule has 156 valence electrons. The Morgan fingerprint density at radius 3 is 2.77 bits per heavy atom. The fourth-order valence-corrected chi connectivity index (χ4v) is 4.04. The first kappa shape index (κ1) is 20.1. The number of rotatable bonds is 5. The molecule has 2 amide bonds. The lowest BCUT2D eigenvalue weighted by molar-refractivity contribution is -0.123. The second kappa shape index (κ2) is 7.90. The van der Waals surface area contributed by atoms with Crippen LogP contribution in [0.3, 0.4) is 0 Å². The number of carbonyl (C=O) groups is 2. The SMILES string of the molecule is CC(=O)N[C@@H]1CCC[C@H](C(=O)Nc2cc3c(NC4(C)CC4)nc(C#N)cc3cn2)C1. The molecule has 0 aliphatic heterocycles. The van der Waals surface area contributed by atoms with Crippen molar-refractivity contribution in [1.82, 2.24) is 15.3 Å². The highest BCUT2D eigenvalue weighted by Gasteiger charge is 2.38. The van der Waals surface area contributed by atoms with Gasteiger partial charge in [-0.3, -0.25) is 9.59 Å². The van der Waals surface area contributed by atoms with E-state index in [-0.39, 0.29) is 29.3 Å². The first-order valence-corrected chi connectivity index (χ1v) is 10.4. The van der Waals surface area contributed by atoms with E-state index in [0.717, 1.165) is 42.9 Å². The summed E-state index contributed by atoms with van der Waals surface area (Å²) in [6.45, 7) is 3.63. The summed E-state index contributed by atoms with van der Waals surface area (Å²) < 4.78 is 0. The predicted octanol–water partition coefficient (Wildman–Crippen LogP) is 3.10. The number of hydrogen-bond donors (Lipinski definition) is 3. The van der Waals surface area contributed by atoms with E-state index in [1.165, 1.54) is 6.92 Å². The lowest BCUT2D eigenvalue weighted by atomic mass is 9.85. The smallest absolute Gasteiger partial charge is 0.228 e. The van der Waals surface area contributed by atoms with Gasteiger partial charge in [-0.05, 0) is 51.2 Å². The van der Waals surface area contributed by atoms with Crippen LogP contribution in [0.2, 0.25) is 0 Å². The average molecular weight is 406 g/mol. The van der Waals surface area contributed by atoms with Gasteiger partial charge in [0.2, 0.25) is 11.8 Å². The summed E-state index contributed by atoms with van der Waals surface area (Å²) in [5, 5.41) is 20.2. The fourth-order valence-electron chi connectivity index (χ4n) is 4.04. The van der Waals surface area contributed by atoms with E-state index in [9.17, 15) is 14.9 Å². The molecule has 2 heterocycles. The van der Waals surface area contributed by atoms with Crippen LogP contribution in [0.5, 0.6) is 0 Å². The molecule has 0 radical (unpaired) electrons. The van der Waals surface area contributed by atoms with E-state index in [1.54, 1.807) is 12.3 Å². The lowest BCUT2D eigenvalue weighted by Gasteiger charge is -2.28. The maximum Gasteiger partial charge on any atom is 0.228 e. The highest BCUT2D eigenvalue weighted by atomic mass is 16.2. The molecule has 2 aliphatic carbocycles. The predicted molar refractivity (Wildman–Crippen MR) is 114 cm³/mol. The largest absolute Gasteiger partial charge is 0.364 e. The van der Waals surface area contributed by atoms with Crippen LogP contribution >= 0.6 is 0 Å². The first-order valence-electron chi connectivity index (χ1n) is 10.4. The Bertz CT molecular complexity index is 1040. The molecule has 30 heavy (non-hydrogen) atoms. The molecule has 2 aromatic heterocycles. The van der Waals surface area contributed by atoms with Gasteiger partial charge in [0.05, 0.1) is 0 Å². The summed E-state index contributed by atoms with van der Waals surface area (Å²) >= 11 is 0. The summed E-state index contributed by atoms with van der Waals surface area (Å²) in [5.74, 6) is 0.804. The van der Waals surface area contributed by atoms with Crippen molar-refractivity contribution in [2.45, 2.75) is 64.0 Å². The molecule has 4 rings (SSSR count). The third-order valence-electron chi connectivity index (χ3n) is 5.95. The summed E-state index contributed by atoms with van der Waals surface area (Å²) in [6.07, 6.45) is 7.01. The summed E-state index contributed by atoms with van der Waals surface area (Å²) in [7, 11) is 0. The minimum absolute atomic E-state index is 0.00150. The molecule has 0 bridgehead atoms. The van der Waals surface area contributed by atoms with Gasteiger partial charge in [-0.2, -0.15) is 5.26 Å². The molecule has 2 saturated carbocycles. The molecular weight excluding hydrogens is 380 g/mol. The molecule has 0 saturated heterocycles. The minimum Gasteiger partial charge on any atom is -0.364 e. The molecule has 2 fully saturated rings. The molecule has 3 N–H and O–H groups in total. The maximum atomic E-state index is 12.8. The number of hydrogen-bond acceptors (Lipinski definition) is 6. The number of carbonyl (C=O) groups excluding carboxylic acids is 2. The Hall–Kier alpha value is -3.21. The molecule has 8 heteroatoms. The zero-order valence-corrected chi connectivity index (χ0v) is 17.3.